The van der Waals surface area contributed by atoms with E-state index in [0.29, 0.717) is 5.88 Å². The summed E-state index contributed by atoms with van der Waals surface area (Å²) in [6.07, 6.45) is 0.192. The number of hydrogen-bond donors (Lipinski definition) is 0. The first kappa shape index (κ1) is 14.7. The van der Waals surface area contributed by atoms with Gasteiger partial charge in [-0.1, -0.05) is 0 Å². The normalized spacial score (nSPS) is 17.1. The van der Waals surface area contributed by atoms with Gasteiger partial charge in [-0.3, -0.25) is 4.57 Å². The molecule has 0 rings (SSSR count). The average Bonchev–Trinajstić information content (AvgIpc) is 1.78. The minimum atomic E-state index is -2.97. The lowest BCUT2D eigenvalue weighted by molar-refractivity contribution is 0.209. The second-order valence-electron chi connectivity index (χ2n) is 4.38. The first-order chi connectivity index (χ1) is 6.18. The Morgan fingerprint density at radius 3 is 2.14 bits per heavy atom. The highest BCUT2D eigenvalue weighted by molar-refractivity contribution is 7.55. The van der Waals surface area contributed by atoms with Gasteiger partial charge in [-0.2, -0.15) is 0 Å². The van der Waals surface area contributed by atoms with E-state index in [1.807, 2.05) is 33.5 Å². The number of hydrogen-bond acceptors (Lipinski definition) is 3. The van der Waals surface area contributed by atoms with Crippen LogP contribution in [0.3, 0.4) is 0 Å². The molecule has 0 N–H and O–H groups in total. The van der Waals surface area contributed by atoms with E-state index in [1.54, 1.807) is 0 Å². The predicted molar refractivity (Wildman–Crippen MR) is 63.8 cm³/mol. The fourth-order valence-corrected chi connectivity index (χ4v) is 6.41. The molecule has 86 valence electrons. The lowest BCUT2D eigenvalue weighted by Gasteiger charge is -2.26. The van der Waals surface area contributed by atoms with Crippen LogP contribution in [0.5, 0.6) is 0 Å². The van der Waals surface area contributed by atoms with E-state index in [9.17, 15) is 4.57 Å². The van der Waals surface area contributed by atoms with Crippen molar-refractivity contribution >= 4 is 27.5 Å². The van der Waals surface area contributed by atoms with Gasteiger partial charge in [0.1, 0.15) is 0 Å². The topological polar surface area (TPSA) is 35.5 Å². The zero-order valence-corrected chi connectivity index (χ0v) is 12.2. The summed E-state index contributed by atoms with van der Waals surface area (Å²) in [7, 11) is -4.81. The summed E-state index contributed by atoms with van der Waals surface area (Å²) in [4.78, 5) is 0. The van der Waals surface area contributed by atoms with E-state index in [1.165, 1.54) is 0 Å². The third kappa shape index (κ3) is 7.02. The van der Waals surface area contributed by atoms with E-state index in [4.69, 9.17) is 20.3 Å². The van der Waals surface area contributed by atoms with Gasteiger partial charge in [0.25, 0.3) is 0 Å². The van der Waals surface area contributed by atoms with Gasteiger partial charge in [0.05, 0.1) is 12.3 Å². The third-order valence-corrected chi connectivity index (χ3v) is 6.41. The van der Waals surface area contributed by atoms with E-state index in [2.05, 4.69) is 0 Å². The summed E-state index contributed by atoms with van der Waals surface area (Å²) in [6, 6.07) is 0. The van der Waals surface area contributed by atoms with Crippen molar-refractivity contribution in [2.45, 2.75) is 39.6 Å². The fourth-order valence-electron chi connectivity index (χ4n) is 0.962. The van der Waals surface area contributed by atoms with Crippen molar-refractivity contribution < 1.29 is 13.3 Å². The maximum atomic E-state index is 12.1. The van der Waals surface area contributed by atoms with Gasteiger partial charge in [-0.15, -0.1) is 11.6 Å². The maximum absolute atomic E-state index is 12.1. The molecular weight excluding hydrogens is 239 g/mol. The second kappa shape index (κ2) is 5.66. The Labute approximate surface area is 92.8 Å². The van der Waals surface area contributed by atoms with Crippen molar-refractivity contribution in [2.24, 2.45) is 0 Å². The van der Waals surface area contributed by atoms with Gasteiger partial charge in [-0.05, 0) is 33.5 Å². The molecule has 1 unspecified atom stereocenters. The first-order valence-corrected chi connectivity index (χ1v) is 10.4. The van der Waals surface area contributed by atoms with E-state index in [-0.39, 0.29) is 12.3 Å². The van der Waals surface area contributed by atoms with Crippen molar-refractivity contribution in [3.63, 3.8) is 0 Å². The van der Waals surface area contributed by atoms with Crippen molar-refractivity contribution in [2.75, 3.05) is 12.0 Å². The van der Waals surface area contributed by atoms with Crippen LogP contribution in [0.2, 0.25) is 19.6 Å². The summed E-state index contributed by atoms with van der Waals surface area (Å²) in [5.74, 6) is 0.300. The third-order valence-electron chi connectivity index (χ3n) is 1.14. The Bertz CT molecular complexity index is 215. The summed E-state index contributed by atoms with van der Waals surface area (Å²) >= 11 is 5.58. The fraction of sp³-hybridized carbons (Fsp3) is 1.00. The van der Waals surface area contributed by atoms with Gasteiger partial charge >= 0.3 is 7.60 Å². The molecule has 14 heavy (non-hydrogen) atoms. The molecule has 0 aliphatic carbocycles. The van der Waals surface area contributed by atoms with Gasteiger partial charge in [0.2, 0.25) is 0 Å². The minimum absolute atomic E-state index is 0.0969. The van der Waals surface area contributed by atoms with Crippen molar-refractivity contribution in [3.8, 4) is 0 Å². The highest BCUT2D eigenvalue weighted by Crippen LogP contribution is 2.51. The van der Waals surface area contributed by atoms with Crippen LogP contribution in [0.25, 0.3) is 0 Å². The summed E-state index contributed by atoms with van der Waals surface area (Å²) < 4.78 is 23.0. The Hall–Kier alpha value is 0.657. The smallest absolute Gasteiger partial charge is 0.322 e. The molecule has 0 bridgehead atoms. The van der Waals surface area contributed by atoms with Crippen molar-refractivity contribution in [1.82, 2.24) is 0 Å². The highest BCUT2D eigenvalue weighted by Gasteiger charge is 2.32. The molecule has 0 heterocycles. The Morgan fingerprint density at radius 2 is 1.86 bits per heavy atom. The second-order valence-corrected chi connectivity index (χ2v) is 11.6. The van der Waals surface area contributed by atoms with E-state index in [0.717, 1.165) is 0 Å². The monoisotopic (exact) mass is 258 g/mol. The van der Waals surface area contributed by atoms with Gasteiger partial charge in [0, 0.05) is 5.88 Å². The molecule has 0 aliphatic heterocycles. The highest BCUT2D eigenvalue weighted by atomic mass is 35.5. The average molecular weight is 259 g/mol. The number of alkyl halides is 1. The van der Waals surface area contributed by atoms with Gasteiger partial charge in [0.15, 0.2) is 8.32 Å². The maximum Gasteiger partial charge on any atom is 0.322 e. The molecule has 0 amide bonds. The Kier molecular flexibility index (Phi) is 5.93. The molecule has 0 aromatic heterocycles. The van der Waals surface area contributed by atoms with Gasteiger partial charge < -0.3 is 8.74 Å². The standard InChI is InChI=1S/C8H20ClO3PSi/c1-8(2)11-13(10,7-6-9)12-14(3,4)5/h8H,6-7H2,1-5H3. The molecule has 0 saturated heterocycles. The molecule has 6 heteroatoms. The SMILES string of the molecule is CC(C)OP(=O)(CCCl)O[Si](C)(C)C. The van der Waals surface area contributed by atoms with Gasteiger partial charge in [-0.25, -0.2) is 0 Å². The van der Waals surface area contributed by atoms with Crippen molar-refractivity contribution in [1.29, 1.82) is 0 Å². The zero-order valence-electron chi connectivity index (χ0n) is 9.54. The predicted octanol–water partition coefficient (Wildman–Crippen LogP) is 3.69. The lowest BCUT2D eigenvalue weighted by Crippen LogP contribution is -2.26. The molecule has 0 fully saturated rings. The van der Waals surface area contributed by atoms with Crippen LogP contribution in [-0.2, 0) is 13.3 Å². The molecule has 0 aliphatic rings. The van der Waals surface area contributed by atoms with E-state index < -0.39 is 15.9 Å². The lowest BCUT2D eigenvalue weighted by atomic mass is 10.5. The van der Waals surface area contributed by atoms with Crippen LogP contribution in [0.1, 0.15) is 13.8 Å². The molecule has 0 spiro atoms. The summed E-state index contributed by atoms with van der Waals surface area (Å²) in [5.41, 5.74) is 0. The Balaban J connectivity index is 4.48. The molecule has 3 nitrogen and oxygen atoms in total. The number of halogens is 1. The summed E-state index contributed by atoms with van der Waals surface area (Å²) in [5, 5.41) is 0. The quantitative estimate of drug-likeness (QED) is 0.414. The molecule has 0 aromatic carbocycles. The van der Waals surface area contributed by atoms with Crippen LogP contribution in [-0.4, -0.2) is 26.5 Å². The first-order valence-electron chi connectivity index (χ1n) is 4.73. The van der Waals surface area contributed by atoms with Crippen LogP contribution in [0, 0.1) is 0 Å². The number of rotatable bonds is 6. The van der Waals surface area contributed by atoms with Crippen molar-refractivity contribution in [3.05, 3.63) is 0 Å². The summed E-state index contributed by atoms with van der Waals surface area (Å²) in [6.45, 7) is 9.63. The van der Waals surface area contributed by atoms with E-state index >= 15 is 0 Å². The molecule has 0 saturated carbocycles. The zero-order chi connectivity index (χ0) is 11.4. The van der Waals surface area contributed by atoms with Crippen LogP contribution in [0.4, 0.5) is 0 Å². The largest absolute Gasteiger partial charge is 0.351 e. The van der Waals surface area contributed by atoms with Crippen LogP contribution >= 0.6 is 19.2 Å². The Morgan fingerprint density at radius 1 is 1.36 bits per heavy atom. The minimum Gasteiger partial charge on any atom is -0.351 e. The molecule has 0 aromatic rings. The van der Waals surface area contributed by atoms with Crippen LogP contribution < -0.4 is 0 Å². The molecule has 0 radical (unpaired) electrons. The molecular formula is C8H20ClO3PSi. The van der Waals surface area contributed by atoms with Crippen LogP contribution in [0.15, 0.2) is 0 Å². The molecule has 1 atom stereocenters.